The zero-order valence-electron chi connectivity index (χ0n) is 86.4. The predicted octanol–water partition coefficient (Wildman–Crippen LogP) is -7.41. The molecule has 1 heterocycles. The number of carboxylic acids is 1. The van der Waals surface area contributed by atoms with Crippen LogP contribution in [0.5, 0.6) is 0 Å². The molecule has 0 saturated carbocycles. The molecule has 146 heavy (non-hydrogen) atoms. The van der Waals surface area contributed by atoms with Gasteiger partial charge in [-0.05, 0) is 81.9 Å². The van der Waals surface area contributed by atoms with E-state index in [2.05, 4.69) is 69.1 Å². The normalized spacial score (nSPS) is 16.7. The van der Waals surface area contributed by atoms with Crippen LogP contribution in [0.3, 0.4) is 0 Å². The highest BCUT2D eigenvalue weighted by atomic mass is 16.6. The smallest absolute Gasteiger partial charge is 0.407 e. The van der Waals surface area contributed by atoms with E-state index in [0.717, 1.165) is 0 Å². The number of Topliss-reactive ketones (excluding diaryl/α,β-unsaturated/α-hetero) is 2. The van der Waals surface area contributed by atoms with Crippen LogP contribution in [0.15, 0.2) is 30.3 Å². The Morgan fingerprint density at radius 2 is 1.05 bits per heavy atom. The number of carbonyl (C=O) groups excluding carboxylic acids is 18. The molecule has 0 aliphatic carbocycles. The highest BCUT2D eigenvalue weighted by Crippen LogP contribution is 2.31. The van der Waals surface area contributed by atoms with Crippen LogP contribution in [0.25, 0.3) is 0 Å². The van der Waals surface area contributed by atoms with Gasteiger partial charge < -0.3 is 159 Å². The second-order valence-electron chi connectivity index (χ2n) is 38.3. The maximum absolute atomic E-state index is 14.7. The van der Waals surface area contributed by atoms with E-state index in [1.165, 1.54) is 21.1 Å². The minimum absolute atomic E-state index is 0.00664. The molecule has 2 rings (SSSR count). The lowest BCUT2D eigenvalue weighted by Gasteiger charge is -2.41. The van der Waals surface area contributed by atoms with Crippen molar-refractivity contribution < 1.29 is 171 Å². The number of carboxylic acid groups (broad SMARTS) is 1. The molecule has 1 fully saturated rings. The topological polar surface area (TPSA) is 759 Å². The Morgan fingerprint density at radius 1 is 0.507 bits per heavy atom. The minimum atomic E-state index is -2.23. The molecule has 1 aromatic carbocycles. The number of methoxy groups -OCH3 is 2. The van der Waals surface area contributed by atoms with Crippen LogP contribution in [-0.2, 0) is 116 Å². The van der Waals surface area contributed by atoms with Crippen molar-refractivity contribution in [3.63, 3.8) is 0 Å². The van der Waals surface area contributed by atoms with Crippen LogP contribution in [0.2, 0.25) is 0 Å². The van der Waals surface area contributed by atoms with Gasteiger partial charge in [-0.1, -0.05) is 106 Å². The number of esters is 1. The van der Waals surface area contributed by atoms with E-state index in [9.17, 15) is 142 Å². The van der Waals surface area contributed by atoms with E-state index in [0.29, 0.717) is 38.0 Å². The molecule has 830 valence electrons. The fourth-order valence-corrected chi connectivity index (χ4v) is 15.6. The summed E-state index contributed by atoms with van der Waals surface area (Å²) >= 11 is 0. The first-order valence-corrected chi connectivity index (χ1v) is 48.9. The Bertz CT molecular complexity index is 4320. The third kappa shape index (κ3) is 49.1. The van der Waals surface area contributed by atoms with Gasteiger partial charge in [-0.2, -0.15) is 0 Å². The lowest BCUT2D eigenvalue weighted by atomic mass is 9.89. The number of hydrogen-bond donors (Lipinski definition) is 24. The van der Waals surface area contributed by atoms with Gasteiger partial charge >= 0.3 is 18.0 Å². The van der Waals surface area contributed by atoms with Gasteiger partial charge in [0.1, 0.15) is 79.2 Å². The standard InChI is InChI=1S/C95H160N16O35/c1-17-54(6)80(110(14)91(137)78(52(2)3)108-90(136)79(53(4)5)109(12)13)69(142-15)42-77(127)111-36-21-25-64(111)85(143-16)55(7)86(132)107-62(39-57-23-19-18-20-24-57)89(135)97-33-22-37-145-93(140)56(8)104-73(123)41-63(92(138)139)105-72(122)31-35-98-94(141)146-50-58(40-60(115)43-99-74(124)46-101-76(126)47-102-75(125)45-100-70(120)30-34-96-71(121)32-38-144-51-95(9,10)11)87(133)106-61(88(134)103-44-66(117)82(129)84(131)68(119)49-113)28-26-59(114)27-29-65(116)81(128)83(130)67(118)48-112/h18-20,23-24,52-56,58,61-69,78-85,112-113,116-119,128-131H,17,21-22,25-51H2,1-16H3,(H,96,121)(H,97,135)(H,98,141)(H,99,124)(H,100,120)(H,101,126)(H,102,125)(H,103,134)(H,104,123)(H,105,122)(H,106,133)(H,107,132)(H,108,136)(H,138,139)/t54-,55+,56-,58-,61-,62-,63-,64-,65-,66-,67+,68+,69+,78-,79-,80-,81+,82+,83+,84+,85+/m0/s1. The number of aliphatic hydroxyl groups excluding tert-OH is 10. The summed E-state index contributed by atoms with van der Waals surface area (Å²) in [7, 11) is 8.15. The quantitative estimate of drug-likeness (QED) is 0.0213. The summed E-state index contributed by atoms with van der Waals surface area (Å²) in [4.78, 5) is 259. The summed E-state index contributed by atoms with van der Waals surface area (Å²) in [5.74, 6) is -18.5. The second-order valence-corrected chi connectivity index (χ2v) is 38.3. The van der Waals surface area contributed by atoms with Crippen molar-refractivity contribution in [2.24, 2.45) is 35.0 Å². The maximum Gasteiger partial charge on any atom is 0.407 e. The van der Waals surface area contributed by atoms with Crippen molar-refractivity contribution in [1.29, 1.82) is 0 Å². The first-order valence-electron chi connectivity index (χ1n) is 48.9. The zero-order chi connectivity index (χ0) is 111. The average molecular weight is 2090 g/mol. The Hall–Kier alpha value is -11.2. The van der Waals surface area contributed by atoms with Gasteiger partial charge in [0, 0.05) is 98.9 Å². The number of likely N-dealkylation sites (tertiary alicyclic amines) is 1. The number of rotatable bonds is 72. The number of ketones is 2. The van der Waals surface area contributed by atoms with E-state index in [4.69, 9.17) is 28.8 Å². The number of benzene rings is 1. The Kier molecular flexibility index (Phi) is 61.3. The van der Waals surface area contributed by atoms with Gasteiger partial charge in [0.05, 0.1) is 126 Å². The molecule has 51 heteroatoms. The number of nitrogens with zero attached hydrogens (tertiary/aromatic N) is 3. The SMILES string of the molecule is CC[C@H](C)[C@@H]([C@@H](CC(=O)N1CCC[C@H]1[C@H](OC)[C@@H](C)C(=O)N[C@@H](Cc1ccccc1)C(=O)NCCCOC(=O)[C@H](C)NC(=O)C[C@H](NC(=O)CCNC(=O)OC[C@H](CC(=O)CNC(=O)CNC(=O)CNC(=O)CNC(=O)CCNC(=O)CCOCC(C)(C)C)C(=O)N[C@@H](CCC(=O)CC[C@H](O)[C@@H](O)[C@H](O)[C@H](O)CO)C(=O)NC[C@H](O)[C@@H](O)[C@H](O)[C@H](O)CO)C(=O)O)OC)N(C)C(=O)[C@@H](NC(=O)[C@H](C(C)C)N(C)C)C(C)C. The fourth-order valence-electron chi connectivity index (χ4n) is 15.6. The van der Waals surface area contributed by atoms with E-state index in [-0.39, 0.29) is 105 Å². The predicted molar refractivity (Wildman–Crippen MR) is 520 cm³/mol. The van der Waals surface area contributed by atoms with Crippen LogP contribution in [0.1, 0.15) is 172 Å². The van der Waals surface area contributed by atoms with Gasteiger partial charge in [-0.3, -0.25) is 81.6 Å². The number of nitrogens with one attached hydrogen (secondary N) is 13. The Labute approximate surface area is 850 Å². The lowest BCUT2D eigenvalue weighted by molar-refractivity contribution is -0.148. The van der Waals surface area contributed by atoms with E-state index >= 15 is 0 Å². The molecule has 0 bridgehead atoms. The molecule has 24 N–H and O–H groups in total. The van der Waals surface area contributed by atoms with Crippen LogP contribution in [0.4, 0.5) is 4.79 Å². The van der Waals surface area contributed by atoms with Gasteiger partial charge in [0.2, 0.25) is 82.7 Å². The van der Waals surface area contributed by atoms with Gasteiger partial charge in [0.25, 0.3) is 0 Å². The third-order valence-electron chi connectivity index (χ3n) is 24.1. The molecule has 1 saturated heterocycles. The fraction of sp³-hybridized carbons (Fsp3) is 0.737. The van der Waals surface area contributed by atoms with Crippen molar-refractivity contribution >= 4 is 112 Å². The van der Waals surface area contributed by atoms with Crippen LogP contribution in [-0.4, -0.2) is 426 Å². The Morgan fingerprint density at radius 3 is 1.61 bits per heavy atom. The number of aliphatic hydroxyl groups is 10. The van der Waals surface area contributed by atoms with Crippen molar-refractivity contribution in [3.8, 4) is 0 Å². The monoisotopic (exact) mass is 2090 g/mol. The van der Waals surface area contributed by atoms with E-state index in [1.54, 1.807) is 73.1 Å². The largest absolute Gasteiger partial charge is 0.480 e. The number of ether oxygens (including phenoxy) is 5. The average Bonchev–Trinajstić information content (AvgIpc) is 1.64. The van der Waals surface area contributed by atoms with Crippen molar-refractivity contribution in [3.05, 3.63) is 35.9 Å². The Balaban J connectivity index is 2.21. The third-order valence-corrected chi connectivity index (χ3v) is 24.1. The number of amides is 15. The number of aliphatic carboxylic acids is 1. The maximum atomic E-state index is 14.7. The van der Waals surface area contributed by atoms with Crippen LogP contribution < -0.4 is 69.1 Å². The molecule has 51 nitrogen and oxygen atoms in total. The number of carbonyl (C=O) groups is 19. The van der Waals surface area contributed by atoms with Crippen LogP contribution in [0, 0.1) is 35.0 Å². The van der Waals surface area contributed by atoms with E-state index in [1.807, 2.05) is 62.3 Å². The van der Waals surface area contributed by atoms with Crippen molar-refractivity contribution in [2.45, 2.75) is 282 Å². The summed E-state index contributed by atoms with van der Waals surface area (Å²) in [6.07, 6.45) is -23.3. The summed E-state index contributed by atoms with van der Waals surface area (Å²) in [6, 6.07) is -0.228. The molecular formula is C95H160N16O35. The molecule has 1 aromatic rings. The van der Waals surface area contributed by atoms with Crippen molar-refractivity contribution in [2.75, 3.05) is 134 Å². The lowest BCUT2D eigenvalue weighted by Crippen LogP contribution is -2.59. The highest BCUT2D eigenvalue weighted by Gasteiger charge is 2.45. The van der Waals surface area contributed by atoms with Crippen LogP contribution >= 0.6 is 0 Å². The van der Waals surface area contributed by atoms with Crippen molar-refractivity contribution in [1.82, 2.24) is 83.8 Å². The molecule has 15 amide bonds. The summed E-state index contributed by atoms with van der Waals surface area (Å²) in [5, 5.41) is 141. The second kappa shape index (κ2) is 68.3. The number of alkyl carbamates (subject to hydrolysis) is 1. The number of likely N-dealkylation sites (N-methyl/N-ethyl adjacent to an activating group) is 2. The molecule has 0 radical (unpaired) electrons. The molecule has 1 aliphatic heterocycles. The molecule has 0 aromatic heterocycles. The van der Waals surface area contributed by atoms with Gasteiger partial charge in [-0.25, -0.2) is 14.4 Å². The summed E-state index contributed by atoms with van der Waals surface area (Å²) in [6.45, 7) is 12.8. The summed E-state index contributed by atoms with van der Waals surface area (Å²) < 4.78 is 28.1. The molecule has 0 spiro atoms. The molecule has 21 atom stereocenters. The molecular weight excluding hydrogens is 1930 g/mol. The van der Waals surface area contributed by atoms with E-state index < -0.39 is 314 Å². The minimum Gasteiger partial charge on any atom is -0.480 e. The van der Waals surface area contributed by atoms with Gasteiger partial charge in [-0.15, -0.1) is 0 Å². The highest BCUT2D eigenvalue weighted by molar-refractivity contribution is 5.96. The van der Waals surface area contributed by atoms with Gasteiger partial charge in [0.15, 0.2) is 5.78 Å². The summed E-state index contributed by atoms with van der Waals surface area (Å²) in [5.41, 5.74) is 0.580. The number of hydrogen-bond acceptors (Lipinski definition) is 35. The molecule has 0 unspecified atom stereocenters. The first-order chi connectivity index (χ1) is 68.6. The molecule has 1 aliphatic rings. The first kappa shape index (κ1) is 131. The zero-order valence-corrected chi connectivity index (χ0v) is 86.4.